The second kappa shape index (κ2) is 6.77. The van der Waals surface area contributed by atoms with Crippen molar-refractivity contribution in [2.75, 3.05) is 0 Å². The number of ketones is 1. The Bertz CT molecular complexity index is 778. The highest BCUT2D eigenvalue weighted by Gasteiger charge is 2.14. The Morgan fingerprint density at radius 3 is 2.55 bits per heavy atom. The molecule has 1 heterocycles. The van der Waals surface area contributed by atoms with Crippen molar-refractivity contribution in [1.29, 1.82) is 0 Å². The molecule has 3 N–H and O–H groups in total. The van der Waals surface area contributed by atoms with E-state index >= 15 is 0 Å². The minimum atomic E-state index is -0.125. The molecule has 0 fully saturated rings. The molecule has 1 atom stereocenters. The average Bonchev–Trinajstić information content (AvgIpc) is 2.90. The summed E-state index contributed by atoms with van der Waals surface area (Å²) in [5.41, 5.74) is 9.68. The van der Waals surface area contributed by atoms with Crippen molar-refractivity contribution in [3.05, 3.63) is 60.3 Å². The lowest BCUT2D eigenvalue weighted by atomic mass is 10.00. The van der Waals surface area contributed by atoms with Crippen molar-refractivity contribution in [2.24, 2.45) is 5.73 Å². The number of hydrogen-bond donors (Lipinski definition) is 2. The second-order valence-corrected chi connectivity index (χ2v) is 5.43. The number of aromatic nitrogens is 1. The molecule has 0 aliphatic rings. The summed E-state index contributed by atoms with van der Waals surface area (Å²) < 4.78 is 0. The van der Waals surface area contributed by atoms with E-state index in [-0.39, 0.29) is 24.2 Å². The first-order valence-electron chi connectivity index (χ1n) is 7.10. The number of fused-ring (bicyclic) bond motifs is 1. The molecule has 0 radical (unpaired) electrons. The average molecular weight is 315 g/mol. The summed E-state index contributed by atoms with van der Waals surface area (Å²) in [6.07, 6.45) is 2.15. The predicted molar refractivity (Wildman–Crippen MR) is 93.6 cm³/mol. The van der Waals surface area contributed by atoms with E-state index in [9.17, 15) is 4.79 Å². The largest absolute Gasteiger partial charge is 0.360 e. The molecule has 0 amide bonds. The zero-order chi connectivity index (χ0) is 14.8. The topological polar surface area (TPSA) is 58.9 Å². The highest BCUT2D eigenvalue weighted by molar-refractivity contribution is 6.08. The number of rotatable bonds is 4. The van der Waals surface area contributed by atoms with Crippen molar-refractivity contribution < 1.29 is 4.79 Å². The lowest BCUT2D eigenvalue weighted by Crippen LogP contribution is -2.19. The zero-order valence-corrected chi connectivity index (χ0v) is 13.2. The summed E-state index contributed by atoms with van der Waals surface area (Å²) in [5.74, 6) is 0.0847. The lowest BCUT2D eigenvalue weighted by Gasteiger charge is -2.05. The van der Waals surface area contributed by atoms with Crippen LogP contribution in [0.25, 0.3) is 22.0 Å². The van der Waals surface area contributed by atoms with Gasteiger partial charge in [-0.25, -0.2) is 0 Å². The first-order valence-corrected chi connectivity index (χ1v) is 7.10. The summed E-state index contributed by atoms with van der Waals surface area (Å²) in [6, 6.07) is 16.2. The van der Waals surface area contributed by atoms with Crippen molar-refractivity contribution in [2.45, 2.75) is 19.4 Å². The number of H-pyrrole nitrogens is 1. The molecule has 114 valence electrons. The normalized spacial score (nSPS) is 11.9. The fourth-order valence-electron chi connectivity index (χ4n) is 2.56. The molecule has 0 aliphatic heterocycles. The first-order chi connectivity index (χ1) is 10.1. The molecular weight excluding hydrogens is 296 g/mol. The quantitative estimate of drug-likeness (QED) is 0.710. The van der Waals surface area contributed by atoms with E-state index in [4.69, 9.17) is 5.73 Å². The summed E-state index contributed by atoms with van der Waals surface area (Å²) in [5, 5.41) is 0.960. The fourth-order valence-corrected chi connectivity index (χ4v) is 2.56. The monoisotopic (exact) mass is 314 g/mol. The highest BCUT2D eigenvalue weighted by atomic mass is 35.5. The van der Waals surface area contributed by atoms with Gasteiger partial charge in [-0.2, -0.15) is 0 Å². The van der Waals surface area contributed by atoms with E-state index in [0.717, 1.165) is 27.6 Å². The van der Waals surface area contributed by atoms with Gasteiger partial charge < -0.3 is 10.7 Å². The third kappa shape index (κ3) is 3.21. The van der Waals surface area contributed by atoms with Crippen LogP contribution in [0, 0.1) is 0 Å². The van der Waals surface area contributed by atoms with E-state index in [0.29, 0.717) is 6.42 Å². The Kier molecular flexibility index (Phi) is 5.01. The number of nitrogens with one attached hydrogen (secondary N) is 1. The molecule has 22 heavy (non-hydrogen) atoms. The maximum absolute atomic E-state index is 12.3. The maximum Gasteiger partial charge on any atom is 0.166 e. The predicted octanol–water partition coefficient (Wildman–Crippen LogP) is 4.18. The van der Waals surface area contributed by atoms with E-state index in [1.165, 1.54) is 0 Å². The van der Waals surface area contributed by atoms with Gasteiger partial charge in [-0.05, 0) is 30.2 Å². The number of Topliss-reactive ketones (excluding diaryl/α,β-unsaturated/α-hetero) is 1. The van der Waals surface area contributed by atoms with Crippen LogP contribution in [0.3, 0.4) is 0 Å². The van der Waals surface area contributed by atoms with Crippen molar-refractivity contribution >= 4 is 29.1 Å². The van der Waals surface area contributed by atoms with Crippen molar-refractivity contribution in [3.8, 4) is 11.1 Å². The van der Waals surface area contributed by atoms with E-state index in [2.05, 4.69) is 29.2 Å². The summed E-state index contributed by atoms with van der Waals surface area (Å²) in [4.78, 5) is 15.4. The summed E-state index contributed by atoms with van der Waals surface area (Å²) >= 11 is 0. The molecule has 3 aromatic rings. The number of hydrogen-bond acceptors (Lipinski definition) is 2. The number of aromatic amines is 1. The minimum Gasteiger partial charge on any atom is -0.360 e. The number of nitrogens with two attached hydrogens (primary N) is 1. The first kappa shape index (κ1) is 16.3. The summed E-state index contributed by atoms with van der Waals surface area (Å²) in [7, 11) is 0. The Balaban J connectivity index is 0.00000176. The third-order valence-corrected chi connectivity index (χ3v) is 3.60. The van der Waals surface area contributed by atoms with E-state index < -0.39 is 0 Å². The smallest absolute Gasteiger partial charge is 0.166 e. The van der Waals surface area contributed by atoms with Crippen LogP contribution in [0.4, 0.5) is 0 Å². The molecule has 1 unspecified atom stereocenters. The van der Waals surface area contributed by atoms with Gasteiger partial charge in [-0.3, -0.25) is 4.79 Å². The SMILES string of the molecule is CC(N)CC(=O)c1c[nH]c2ccc(-c3ccccc3)cc12.Cl. The van der Waals surface area contributed by atoms with Gasteiger partial charge in [0, 0.05) is 35.1 Å². The van der Waals surface area contributed by atoms with Gasteiger partial charge in [0.15, 0.2) is 5.78 Å². The van der Waals surface area contributed by atoms with Crippen LogP contribution in [0.1, 0.15) is 23.7 Å². The molecule has 2 aromatic carbocycles. The van der Waals surface area contributed by atoms with Crippen molar-refractivity contribution in [1.82, 2.24) is 4.98 Å². The molecule has 4 heteroatoms. The molecule has 1 aromatic heterocycles. The molecular formula is C18H19ClN2O. The molecule has 0 aliphatic carbocycles. The van der Waals surface area contributed by atoms with Crippen LogP contribution < -0.4 is 5.73 Å². The lowest BCUT2D eigenvalue weighted by molar-refractivity contribution is 0.0978. The van der Waals surface area contributed by atoms with Gasteiger partial charge in [0.05, 0.1) is 0 Å². The Morgan fingerprint density at radius 1 is 1.14 bits per heavy atom. The van der Waals surface area contributed by atoms with Gasteiger partial charge in [-0.1, -0.05) is 36.4 Å². The standard InChI is InChI=1S/C18H18N2O.ClH/c1-12(19)9-18(21)16-11-20-17-8-7-14(10-15(16)17)13-5-3-2-4-6-13;/h2-8,10-12,20H,9,19H2,1H3;1H. The van der Waals surface area contributed by atoms with Gasteiger partial charge >= 0.3 is 0 Å². The number of halogens is 1. The molecule has 0 saturated carbocycles. The third-order valence-electron chi connectivity index (χ3n) is 3.60. The Hall–Kier alpha value is -2.10. The van der Waals surface area contributed by atoms with Gasteiger partial charge in [0.1, 0.15) is 0 Å². The van der Waals surface area contributed by atoms with Crippen molar-refractivity contribution in [3.63, 3.8) is 0 Å². The second-order valence-electron chi connectivity index (χ2n) is 5.43. The number of benzene rings is 2. The Morgan fingerprint density at radius 2 is 1.86 bits per heavy atom. The van der Waals surface area contributed by atoms with Crippen LogP contribution in [-0.4, -0.2) is 16.8 Å². The summed E-state index contributed by atoms with van der Waals surface area (Å²) in [6.45, 7) is 1.85. The maximum atomic E-state index is 12.3. The van der Waals surface area contributed by atoms with Crippen LogP contribution in [0.15, 0.2) is 54.7 Å². The highest BCUT2D eigenvalue weighted by Crippen LogP contribution is 2.27. The zero-order valence-electron chi connectivity index (χ0n) is 12.4. The van der Waals surface area contributed by atoms with Crippen LogP contribution in [-0.2, 0) is 0 Å². The fraction of sp³-hybridized carbons (Fsp3) is 0.167. The van der Waals surface area contributed by atoms with E-state index in [1.807, 2.05) is 31.2 Å². The Labute approximate surface area is 135 Å². The number of carbonyl (C=O) groups excluding carboxylic acids is 1. The molecule has 0 bridgehead atoms. The number of carbonyl (C=O) groups is 1. The molecule has 3 rings (SSSR count). The van der Waals surface area contributed by atoms with Crippen LogP contribution >= 0.6 is 12.4 Å². The van der Waals surface area contributed by atoms with Gasteiger partial charge in [0.2, 0.25) is 0 Å². The minimum absolute atomic E-state index is 0. The van der Waals surface area contributed by atoms with Crippen LogP contribution in [0.5, 0.6) is 0 Å². The van der Waals surface area contributed by atoms with Gasteiger partial charge in [-0.15, -0.1) is 12.4 Å². The molecule has 0 spiro atoms. The molecule has 3 nitrogen and oxygen atoms in total. The molecule has 0 saturated heterocycles. The van der Waals surface area contributed by atoms with E-state index in [1.54, 1.807) is 6.20 Å². The van der Waals surface area contributed by atoms with Gasteiger partial charge in [0.25, 0.3) is 0 Å². The van der Waals surface area contributed by atoms with Crippen LogP contribution in [0.2, 0.25) is 0 Å².